The van der Waals surface area contributed by atoms with Crippen molar-refractivity contribution in [2.75, 3.05) is 0 Å². The van der Waals surface area contributed by atoms with Crippen molar-refractivity contribution in [3.8, 4) is 0 Å². The van der Waals surface area contributed by atoms with Crippen molar-refractivity contribution >= 4 is 5.91 Å². The molecule has 0 N–H and O–H groups in total. The van der Waals surface area contributed by atoms with E-state index in [-0.39, 0.29) is 18.7 Å². The molecule has 1 aromatic carbocycles. The molecule has 0 unspecified atom stereocenters. The van der Waals surface area contributed by atoms with E-state index in [1.165, 1.54) is 29.4 Å². The lowest BCUT2D eigenvalue weighted by molar-refractivity contribution is -0.138. The maximum atomic E-state index is 13.5. The Morgan fingerprint density at radius 3 is 2.69 bits per heavy atom. The summed E-state index contributed by atoms with van der Waals surface area (Å²) in [6.07, 6.45) is -0.353. The van der Waals surface area contributed by atoms with E-state index in [9.17, 15) is 18.0 Å². The fraction of sp³-hybridized carbons (Fsp3) is 0.333. The molecule has 0 aliphatic heterocycles. The van der Waals surface area contributed by atoms with Crippen LogP contribution in [0.2, 0.25) is 0 Å². The molecule has 3 aromatic rings. The topological polar surface area (TPSA) is 51.3 Å². The molecule has 5 nitrogen and oxygen atoms in total. The second kappa shape index (κ2) is 7.42. The van der Waals surface area contributed by atoms with Crippen molar-refractivity contribution in [3.63, 3.8) is 0 Å². The number of furan rings is 1. The lowest BCUT2D eigenvalue weighted by Crippen LogP contribution is -2.32. The first-order valence-electron chi connectivity index (χ1n) is 9.36. The van der Waals surface area contributed by atoms with E-state index in [0.29, 0.717) is 5.76 Å². The van der Waals surface area contributed by atoms with Crippen molar-refractivity contribution in [3.05, 3.63) is 76.5 Å². The molecule has 2 heterocycles. The number of fused-ring (bicyclic) bond motifs is 1. The number of aryl methyl sites for hydroxylation is 1. The maximum Gasteiger partial charge on any atom is 0.417 e. The monoisotopic (exact) mass is 403 g/mol. The summed E-state index contributed by atoms with van der Waals surface area (Å²) in [5.41, 5.74) is 1.62. The van der Waals surface area contributed by atoms with Gasteiger partial charge in [-0.25, -0.2) is 0 Å². The lowest BCUT2D eigenvalue weighted by Gasteiger charge is -2.23. The van der Waals surface area contributed by atoms with Crippen LogP contribution < -0.4 is 0 Å². The zero-order valence-electron chi connectivity index (χ0n) is 15.9. The summed E-state index contributed by atoms with van der Waals surface area (Å²) < 4.78 is 47.5. The number of amides is 1. The fourth-order valence-corrected chi connectivity index (χ4v) is 3.88. The van der Waals surface area contributed by atoms with Gasteiger partial charge in [-0.15, -0.1) is 0 Å². The van der Waals surface area contributed by atoms with Gasteiger partial charge in [-0.2, -0.15) is 18.3 Å². The summed E-state index contributed by atoms with van der Waals surface area (Å²) in [7, 11) is 1.85. The number of alkyl halides is 3. The number of aromatic nitrogens is 2. The van der Waals surface area contributed by atoms with E-state index in [2.05, 4.69) is 5.10 Å². The van der Waals surface area contributed by atoms with Gasteiger partial charge in [0.25, 0.3) is 5.91 Å². The van der Waals surface area contributed by atoms with Gasteiger partial charge in [-0.3, -0.25) is 9.48 Å². The smallest absolute Gasteiger partial charge is 0.417 e. The summed E-state index contributed by atoms with van der Waals surface area (Å²) in [6, 6.07) is 8.23. The molecule has 0 saturated heterocycles. The fourth-order valence-electron chi connectivity index (χ4n) is 3.88. The first-order chi connectivity index (χ1) is 13.8. The molecule has 0 spiro atoms. The van der Waals surface area contributed by atoms with Crippen molar-refractivity contribution < 1.29 is 22.4 Å². The van der Waals surface area contributed by atoms with E-state index >= 15 is 0 Å². The number of nitrogens with zero attached hydrogens (tertiary/aromatic N) is 3. The van der Waals surface area contributed by atoms with Gasteiger partial charge < -0.3 is 9.32 Å². The summed E-state index contributed by atoms with van der Waals surface area (Å²) in [4.78, 5) is 14.6. The number of rotatable bonds is 5. The molecule has 4 rings (SSSR count). The van der Waals surface area contributed by atoms with E-state index in [1.807, 2.05) is 7.05 Å². The Balaban J connectivity index is 1.70. The predicted octanol–water partition coefficient (Wildman–Crippen LogP) is 4.36. The minimum atomic E-state index is -4.62. The van der Waals surface area contributed by atoms with Gasteiger partial charge in [0.05, 0.1) is 36.2 Å². The Morgan fingerprint density at radius 2 is 1.97 bits per heavy atom. The molecular weight excluding hydrogens is 383 g/mol. The quantitative estimate of drug-likeness (QED) is 0.636. The van der Waals surface area contributed by atoms with Crippen LogP contribution in [0, 0.1) is 0 Å². The van der Waals surface area contributed by atoms with Gasteiger partial charge in [-0.05, 0) is 49.1 Å². The van der Waals surface area contributed by atoms with Crippen molar-refractivity contribution in [1.82, 2.24) is 14.7 Å². The Labute approximate surface area is 165 Å². The number of halogens is 3. The highest BCUT2D eigenvalue weighted by molar-refractivity contribution is 5.95. The van der Waals surface area contributed by atoms with Crippen LogP contribution in [-0.4, -0.2) is 20.6 Å². The molecule has 152 valence electrons. The number of hydrogen-bond acceptors (Lipinski definition) is 3. The van der Waals surface area contributed by atoms with Crippen LogP contribution in [0.25, 0.3) is 0 Å². The molecule has 0 fully saturated rings. The predicted molar refractivity (Wildman–Crippen MR) is 99.0 cm³/mol. The van der Waals surface area contributed by atoms with Crippen molar-refractivity contribution in [2.45, 2.75) is 38.5 Å². The van der Waals surface area contributed by atoms with Gasteiger partial charge in [-0.1, -0.05) is 12.1 Å². The molecule has 0 radical (unpaired) electrons. The van der Waals surface area contributed by atoms with Gasteiger partial charge in [0.2, 0.25) is 0 Å². The third kappa shape index (κ3) is 3.79. The Kier molecular flexibility index (Phi) is 4.94. The summed E-state index contributed by atoms with van der Waals surface area (Å²) in [6.45, 7) is 0.179. The summed E-state index contributed by atoms with van der Waals surface area (Å²) in [5, 5.41) is 4.52. The highest BCUT2D eigenvalue weighted by Gasteiger charge is 2.36. The highest BCUT2D eigenvalue weighted by Crippen LogP contribution is 2.33. The lowest BCUT2D eigenvalue weighted by atomic mass is 10.1. The number of carbonyl (C=O) groups is 1. The number of benzene rings is 1. The first-order valence-corrected chi connectivity index (χ1v) is 9.36. The third-order valence-electron chi connectivity index (χ3n) is 5.22. The molecule has 0 bridgehead atoms. The molecule has 2 aromatic heterocycles. The average Bonchev–Trinajstić information content (AvgIpc) is 3.41. The van der Waals surface area contributed by atoms with E-state index < -0.39 is 17.6 Å². The zero-order valence-corrected chi connectivity index (χ0v) is 15.9. The van der Waals surface area contributed by atoms with Gasteiger partial charge in [0.1, 0.15) is 5.76 Å². The minimum Gasteiger partial charge on any atom is -0.467 e. The highest BCUT2D eigenvalue weighted by atomic mass is 19.4. The van der Waals surface area contributed by atoms with Gasteiger partial charge >= 0.3 is 6.18 Å². The Hall–Kier alpha value is -3.03. The van der Waals surface area contributed by atoms with Crippen LogP contribution in [0.15, 0.2) is 47.1 Å². The minimum absolute atomic E-state index is 0.0589. The molecule has 29 heavy (non-hydrogen) atoms. The molecule has 1 aliphatic carbocycles. The van der Waals surface area contributed by atoms with Gasteiger partial charge in [0.15, 0.2) is 0 Å². The molecule has 8 heteroatoms. The zero-order chi connectivity index (χ0) is 20.6. The standard InChI is InChI=1S/C21H20F3N3O2/c1-26-19-10-4-8-16(19)18(25-26)13-27(12-14-6-5-11-29-14)20(28)15-7-2-3-9-17(15)21(22,23)24/h2-3,5-7,9,11H,4,8,10,12-13H2,1H3. The van der Waals surface area contributed by atoms with Crippen LogP contribution >= 0.6 is 0 Å². The third-order valence-corrected chi connectivity index (χ3v) is 5.22. The number of carbonyl (C=O) groups excluding carboxylic acids is 1. The second-order valence-electron chi connectivity index (χ2n) is 7.13. The molecule has 0 saturated carbocycles. The van der Waals surface area contributed by atoms with E-state index in [0.717, 1.165) is 42.3 Å². The van der Waals surface area contributed by atoms with Crippen molar-refractivity contribution in [1.29, 1.82) is 0 Å². The van der Waals surface area contributed by atoms with Crippen molar-refractivity contribution in [2.24, 2.45) is 7.05 Å². The van der Waals surface area contributed by atoms with Crippen LogP contribution in [-0.2, 0) is 39.2 Å². The van der Waals surface area contributed by atoms with Crippen LogP contribution in [0.1, 0.15) is 45.1 Å². The molecular formula is C21H20F3N3O2. The Morgan fingerprint density at radius 1 is 1.17 bits per heavy atom. The number of hydrogen-bond donors (Lipinski definition) is 0. The van der Waals surface area contributed by atoms with Crippen LogP contribution in [0.5, 0.6) is 0 Å². The SMILES string of the molecule is Cn1nc(CN(Cc2ccco2)C(=O)c2ccccc2C(F)(F)F)c2c1CCC2. The van der Waals surface area contributed by atoms with E-state index in [1.54, 1.807) is 16.8 Å². The maximum absolute atomic E-state index is 13.5. The summed E-state index contributed by atoms with van der Waals surface area (Å²) in [5.74, 6) is -0.206. The summed E-state index contributed by atoms with van der Waals surface area (Å²) >= 11 is 0. The molecule has 0 atom stereocenters. The van der Waals surface area contributed by atoms with E-state index in [4.69, 9.17) is 4.42 Å². The largest absolute Gasteiger partial charge is 0.467 e. The Bertz CT molecular complexity index is 1020. The normalized spacial score (nSPS) is 13.5. The van der Waals surface area contributed by atoms with Gasteiger partial charge in [0, 0.05) is 12.7 Å². The molecule has 1 aliphatic rings. The second-order valence-corrected chi connectivity index (χ2v) is 7.13. The molecule has 1 amide bonds. The van der Waals surface area contributed by atoms with Crippen LogP contribution in [0.4, 0.5) is 13.2 Å². The average molecular weight is 403 g/mol. The van der Waals surface area contributed by atoms with Crippen LogP contribution in [0.3, 0.4) is 0 Å². The first kappa shape index (κ1) is 19.3.